The number of carbonyl (C=O) groups is 1. The summed E-state index contributed by atoms with van der Waals surface area (Å²) in [5.41, 5.74) is -2.75. The number of aliphatic hydroxyl groups excluding tert-OH is 1. The number of nitrogens with two attached hydrogens (primary N) is 1. The number of hydrogen-bond acceptors (Lipinski definition) is 8. The number of hydrazine groups is 1. The summed E-state index contributed by atoms with van der Waals surface area (Å²) in [5.74, 6) is 4.17. The number of aliphatic hydroxyl groups is 1. The van der Waals surface area contributed by atoms with E-state index in [-0.39, 0.29) is 23.6 Å². The first-order valence-electron chi connectivity index (χ1n) is 12.0. The van der Waals surface area contributed by atoms with E-state index in [0.29, 0.717) is 5.01 Å². The van der Waals surface area contributed by atoms with Crippen molar-refractivity contribution in [2.75, 3.05) is 19.4 Å². The fourth-order valence-electron chi connectivity index (χ4n) is 3.58. The number of rotatable bonds is 6. The van der Waals surface area contributed by atoms with E-state index in [4.69, 9.17) is 15.0 Å². The van der Waals surface area contributed by atoms with Crippen LogP contribution in [0.2, 0.25) is 18.1 Å². The van der Waals surface area contributed by atoms with Crippen molar-refractivity contribution >= 4 is 30.4 Å². The van der Waals surface area contributed by atoms with Crippen LogP contribution in [-0.2, 0) is 24.7 Å². The van der Waals surface area contributed by atoms with Crippen LogP contribution in [0.3, 0.4) is 0 Å². The quantitative estimate of drug-likeness (QED) is 0.235. The van der Waals surface area contributed by atoms with Crippen LogP contribution in [-0.4, -0.2) is 74.3 Å². The minimum atomic E-state index is -4.15. The summed E-state index contributed by atoms with van der Waals surface area (Å²) in [7, 11) is -5.20. The molecule has 0 bridgehead atoms. The summed E-state index contributed by atoms with van der Waals surface area (Å²) in [6, 6.07) is 5.61. The number of hydrogen-bond donors (Lipinski definition) is 2. The lowest BCUT2D eigenvalue weighted by molar-refractivity contribution is 0.0352. The van der Waals surface area contributed by atoms with E-state index in [1.165, 1.54) is 25.2 Å². The average molecular weight is 561 g/mol. The van der Waals surface area contributed by atoms with Gasteiger partial charge in [0, 0.05) is 19.0 Å². The minimum absolute atomic E-state index is 0.0480. The third kappa shape index (κ3) is 7.28. The summed E-state index contributed by atoms with van der Waals surface area (Å²) in [6.07, 6.45) is -2.52. The topological polar surface area (TPSA) is 135 Å². The van der Waals surface area contributed by atoms with Gasteiger partial charge < -0.3 is 14.3 Å². The number of amides is 1. The Morgan fingerprint density at radius 2 is 1.84 bits per heavy atom. The van der Waals surface area contributed by atoms with Crippen LogP contribution >= 0.6 is 0 Å². The number of sulfonamides is 1. The van der Waals surface area contributed by atoms with Gasteiger partial charge in [-0.2, -0.15) is 5.01 Å². The fourth-order valence-corrected chi connectivity index (χ4v) is 6.13. The van der Waals surface area contributed by atoms with Gasteiger partial charge in [0.1, 0.15) is 17.0 Å². The highest BCUT2D eigenvalue weighted by Gasteiger charge is 2.49. The van der Waals surface area contributed by atoms with E-state index in [1.54, 1.807) is 26.8 Å². The van der Waals surface area contributed by atoms with Gasteiger partial charge in [-0.3, -0.25) is 0 Å². The molecule has 37 heavy (non-hydrogen) atoms. The van der Waals surface area contributed by atoms with Gasteiger partial charge in [-0.15, -0.1) is 0 Å². The lowest BCUT2D eigenvalue weighted by atomic mass is 9.86. The molecule has 0 spiro atoms. The summed E-state index contributed by atoms with van der Waals surface area (Å²) in [5, 5.41) is 11.4. The first-order chi connectivity index (χ1) is 16.6. The van der Waals surface area contributed by atoms with Crippen molar-refractivity contribution in [3.05, 3.63) is 35.6 Å². The van der Waals surface area contributed by atoms with Crippen LogP contribution in [0.5, 0.6) is 0 Å². The van der Waals surface area contributed by atoms with E-state index in [1.807, 2.05) is 13.1 Å². The van der Waals surface area contributed by atoms with Gasteiger partial charge in [-0.1, -0.05) is 39.0 Å². The molecule has 13 heteroatoms. The van der Waals surface area contributed by atoms with Crippen molar-refractivity contribution in [2.24, 2.45) is 10.8 Å². The molecule has 1 aliphatic heterocycles. The number of carbonyl (C=O) groups excluding carboxylic acids is 1. The van der Waals surface area contributed by atoms with E-state index in [9.17, 15) is 18.3 Å². The van der Waals surface area contributed by atoms with Gasteiger partial charge in [0.15, 0.2) is 8.32 Å². The highest BCUT2D eigenvalue weighted by molar-refractivity contribution is 7.89. The predicted octanol–water partition coefficient (Wildman–Crippen LogP) is 3.54. The molecule has 10 nitrogen and oxygen atoms in total. The lowest BCUT2D eigenvalue weighted by Crippen LogP contribution is -2.59. The van der Waals surface area contributed by atoms with E-state index in [0.717, 1.165) is 4.31 Å². The van der Waals surface area contributed by atoms with Gasteiger partial charge in [-0.05, 0) is 45.0 Å². The zero-order chi connectivity index (χ0) is 28.6. The van der Waals surface area contributed by atoms with Crippen LogP contribution in [0.1, 0.15) is 53.5 Å². The Morgan fingerprint density at radius 1 is 1.27 bits per heavy atom. The first kappa shape index (κ1) is 31.2. The molecule has 0 aromatic heterocycles. The summed E-state index contributed by atoms with van der Waals surface area (Å²) in [6.45, 7) is 15.0. The molecule has 0 fully saturated rings. The molecule has 2 unspecified atom stereocenters. The Morgan fingerprint density at radius 3 is 2.35 bits per heavy atom. The third-order valence-electron chi connectivity index (χ3n) is 6.63. The molecule has 210 valence electrons. The second-order valence-corrected chi connectivity index (χ2v) is 18.7. The number of halogens is 1. The van der Waals surface area contributed by atoms with Crippen molar-refractivity contribution in [3.8, 4) is 0 Å². The largest absolute Gasteiger partial charge is 0.442 e. The second-order valence-electron chi connectivity index (χ2n) is 11.9. The minimum Gasteiger partial charge on any atom is -0.442 e. The molecule has 0 saturated carbocycles. The number of guanidine groups is 1. The molecule has 0 saturated heterocycles. The Balaban J connectivity index is 2.60. The molecular weight excluding hydrogens is 519 g/mol. The average Bonchev–Trinajstić information content (AvgIpc) is 2.72. The lowest BCUT2D eigenvalue weighted by Gasteiger charge is -2.41. The van der Waals surface area contributed by atoms with E-state index >= 15 is 4.39 Å². The fraction of sp³-hybridized carbons (Fsp3) is 0.667. The van der Waals surface area contributed by atoms with Crippen molar-refractivity contribution in [3.63, 3.8) is 0 Å². The van der Waals surface area contributed by atoms with Crippen LogP contribution in [0, 0.1) is 5.82 Å². The SMILES string of the molecule is CN1C(N(N)C(=O)OC(C)(C)C)=NC(CC(O)CO[Si](C)(C)C(C)(C)C)(c2ccccc2F)CS1(=O)=O. The van der Waals surface area contributed by atoms with Gasteiger partial charge in [0.05, 0.1) is 18.5 Å². The van der Waals surface area contributed by atoms with Crippen LogP contribution in [0.15, 0.2) is 29.3 Å². The van der Waals surface area contributed by atoms with Crippen LogP contribution < -0.4 is 5.84 Å². The zero-order valence-corrected chi connectivity index (χ0v) is 25.0. The van der Waals surface area contributed by atoms with Crippen LogP contribution in [0.4, 0.5) is 9.18 Å². The molecule has 0 radical (unpaired) electrons. The van der Waals surface area contributed by atoms with Crippen molar-refractivity contribution in [2.45, 2.75) is 83.3 Å². The molecule has 1 amide bonds. The zero-order valence-electron chi connectivity index (χ0n) is 23.2. The maximum Gasteiger partial charge on any atom is 0.431 e. The number of benzene rings is 1. The maximum absolute atomic E-state index is 15.1. The van der Waals surface area contributed by atoms with Crippen molar-refractivity contribution in [1.29, 1.82) is 0 Å². The van der Waals surface area contributed by atoms with Gasteiger partial charge in [0.25, 0.3) is 0 Å². The molecule has 3 N–H and O–H groups in total. The second kappa shape index (κ2) is 10.6. The molecular formula is C24H41FN4O6SSi. The monoisotopic (exact) mass is 560 g/mol. The van der Waals surface area contributed by atoms with Gasteiger partial charge >= 0.3 is 6.09 Å². The maximum atomic E-state index is 15.1. The molecule has 2 rings (SSSR count). The summed E-state index contributed by atoms with van der Waals surface area (Å²) < 4.78 is 53.9. The Kier molecular flexibility index (Phi) is 8.92. The van der Waals surface area contributed by atoms with E-state index in [2.05, 4.69) is 25.8 Å². The number of nitrogens with zero attached hydrogens (tertiary/aromatic N) is 3. The summed E-state index contributed by atoms with van der Waals surface area (Å²) >= 11 is 0. The standard InChI is InChI=1S/C24H41FN4O6SSi/c1-22(2,3)35-21(31)29(26)20-27-24(16-36(32,33)28(20)7,18-12-10-11-13-19(18)25)14-17(30)15-34-37(8,9)23(4,5)6/h10-13,17,30H,14-16,26H2,1-9H3. The molecule has 1 aromatic carbocycles. The third-order valence-corrected chi connectivity index (χ3v) is 13.0. The molecule has 1 aliphatic rings. The van der Waals surface area contributed by atoms with E-state index < -0.39 is 59.2 Å². The van der Waals surface area contributed by atoms with Crippen LogP contribution in [0.25, 0.3) is 0 Å². The highest BCUT2D eigenvalue weighted by atomic mass is 32.2. The molecule has 1 aromatic rings. The highest BCUT2D eigenvalue weighted by Crippen LogP contribution is 2.40. The van der Waals surface area contributed by atoms with Crippen molar-refractivity contribution in [1.82, 2.24) is 9.31 Å². The number of aliphatic imine (C=N–C) groups is 1. The molecule has 0 aliphatic carbocycles. The Bertz CT molecular complexity index is 1130. The Labute approximate surface area is 220 Å². The van der Waals surface area contributed by atoms with Crippen molar-refractivity contribution < 1.29 is 31.9 Å². The Hall–Kier alpha value is -2.06. The smallest absolute Gasteiger partial charge is 0.431 e. The normalized spacial score (nSPS) is 21.3. The number of ether oxygens (including phenoxy) is 1. The van der Waals surface area contributed by atoms with Gasteiger partial charge in [0.2, 0.25) is 16.0 Å². The van der Waals surface area contributed by atoms with Gasteiger partial charge in [-0.25, -0.2) is 32.7 Å². The molecule has 1 heterocycles. The predicted molar refractivity (Wildman–Crippen MR) is 143 cm³/mol. The summed E-state index contributed by atoms with van der Waals surface area (Å²) in [4.78, 5) is 17.2. The first-order valence-corrected chi connectivity index (χ1v) is 16.5. The molecule has 2 atom stereocenters.